The predicted molar refractivity (Wildman–Crippen MR) is 91.6 cm³/mol. The first-order valence-electron chi connectivity index (χ1n) is 8.54. The number of carbonyl (C=O) groups is 1. The number of H-pyrrole nitrogens is 1. The topological polar surface area (TPSA) is 95.1 Å². The number of aromatic amines is 1. The number of hydrogen-bond acceptors (Lipinski definition) is 6. The zero-order valence-electron chi connectivity index (χ0n) is 14.1. The number of carbonyl (C=O) groups excluding carboxylic acids is 1. The minimum atomic E-state index is -0.327. The number of amides is 1. The Morgan fingerprint density at radius 2 is 2.04 bits per heavy atom. The van der Waals surface area contributed by atoms with Gasteiger partial charge in [0.1, 0.15) is 5.69 Å². The monoisotopic (exact) mass is 340 g/mol. The van der Waals surface area contributed by atoms with E-state index in [-0.39, 0.29) is 23.2 Å². The van der Waals surface area contributed by atoms with Crippen LogP contribution in [0.15, 0.2) is 23.3 Å². The summed E-state index contributed by atoms with van der Waals surface area (Å²) in [6.45, 7) is 1.41. The Morgan fingerprint density at radius 3 is 2.84 bits per heavy atom. The highest BCUT2D eigenvalue weighted by atomic mass is 16.2. The van der Waals surface area contributed by atoms with Crippen LogP contribution in [-0.4, -0.2) is 57.2 Å². The standard InChI is InChI=1S/C17H20N6O2/c1-22(17(25)14-7-16(24)19-10-18-14)12-8-23(9-12)15-6-11-4-2-3-5-13(11)20-21-15/h6-7,10,12H,2-5,8-9H2,1H3,(H,18,19,24). The number of aryl methyl sites for hydroxylation is 2. The summed E-state index contributed by atoms with van der Waals surface area (Å²) in [4.78, 5) is 33.9. The Labute approximate surface area is 144 Å². The fourth-order valence-electron chi connectivity index (χ4n) is 3.35. The van der Waals surface area contributed by atoms with E-state index >= 15 is 0 Å². The van der Waals surface area contributed by atoms with Gasteiger partial charge in [-0.15, -0.1) is 5.10 Å². The highest BCUT2D eigenvalue weighted by Gasteiger charge is 2.34. The molecule has 0 radical (unpaired) electrons. The predicted octanol–water partition coefficient (Wildman–Crippen LogP) is 0.399. The van der Waals surface area contributed by atoms with Gasteiger partial charge in [0.15, 0.2) is 5.82 Å². The second-order valence-corrected chi connectivity index (χ2v) is 6.65. The van der Waals surface area contributed by atoms with E-state index in [4.69, 9.17) is 0 Å². The van der Waals surface area contributed by atoms with E-state index in [0.29, 0.717) is 13.1 Å². The van der Waals surface area contributed by atoms with E-state index in [9.17, 15) is 9.59 Å². The molecule has 8 heteroatoms. The summed E-state index contributed by atoms with van der Waals surface area (Å²) in [6, 6.07) is 3.44. The SMILES string of the molecule is CN(C(=O)c1cc(=O)[nH]cn1)C1CN(c2cc3c(nn2)CCCC3)C1. The molecule has 1 aliphatic heterocycles. The van der Waals surface area contributed by atoms with Crippen molar-refractivity contribution < 1.29 is 4.79 Å². The number of nitrogens with zero attached hydrogens (tertiary/aromatic N) is 5. The Kier molecular flexibility index (Phi) is 3.95. The van der Waals surface area contributed by atoms with Gasteiger partial charge in [0, 0.05) is 26.2 Å². The van der Waals surface area contributed by atoms with Gasteiger partial charge >= 0.3 is 0 Å². The molecule has 1 aliphatic carbocycles. The molecule has 25 heavy (non-hydrogen) atoms. The summed E-state index contributed by atoms with van der Waals surface area (Å²) in [5.41, 5.74) is 2.26. The lowest BCUT2D eigenvalue weighted by Gasteiger charge is -2.44. The summed E-state index contributed by atoms with van der Waals surface area (Å²) in [5, 5.41) is 8.70. The Morgan fingerprint density at radius 1 is 1.24 bits per heavy atom. The van der Waals surface area contributed by atoms with E-state index < -0.39 is 0 Å². The van der Waals surface area contributed by atoms with Crippen LogP contribution in [0.1, 0.15) is 34.6 Å². The number of nitrogens with one attached hydrogen (secondary N) is 1. The molecule has 0 saturated carbocycles. The van der Waals surface area contributed by atoms with Crippen molar-refractivity contribution in [3.05, 3.63) is 45.8 Å². The molecule has 2 aliphatic rings. The first-order valence-corrected chi connectivity index (χ1v) is 8.54. The lowest BCUT2D eigenvalue weighted by molar-refractivity contribution is 0.0698. The van der Waals surface area contributed by atoms with E-state index in [0.717, 1.165) is 24.4 Å². The van der Waals surface area contributed by atoms with Crippen LogP contribution < -0.4 is 10.5 Å². The average molecular weight is 340 g/mol. The number of rotatable bonds is 3. The largest absolute Gasteiger partial charge is 0.351 e. The van der Waals surface area contributed by atoms with Crippen molar-refractivity contribution >= 4 is 11.7 Å². The third-order valence-electron chi connectivity index (χ3n) is 5.01. The van der Waals surface area contributed by atoms with Crippen LogP contribution in [0.3, 0.4) is 0 Å². The molecule has 0 bridgehead atoms. The quantitative estimate of drug-likeness (QED) is 0.869. The number of aromatic nitrogens is 4. The molecule has 1 N–H and O–H groups in total. The molecular formula is C17H20N6O2. The third-order valence-corrected chi connectivity index (χ3v) is 5.01. The molecule has 8 nitrogen and oxygen atoms in total. The van der Waals surface area contributed by atoms with Crippen molar-refractivity contribution in [2.45, 2.75) is 31.7 Å². The van der Waals surface area contributed by atoms with Gasteiger partial charge in [0.2, 0.25) is 0 Å². The number of hydrogen-bond donors (Lipinski definition) is 1. The van der Waals surface area contributed by atoms with Crippen LogP contribution >= 0.6 is 0 Å². The molecule has 2 aromatic heterocycles. The van der Waals surface area contributed by atoms with Crippen LogP contribution in [0, 0.1) is 0 Å². The van der Waals surface area contributed by atoms with Crippen molar-refractivity contribution in [1.82, 2.24) is 25.1 Å². The van der Waals surface area contributed by atoms with Gasteiger partial charge < -0.3 is 14.8 Å². The molecule has 130 valence electrons. The average Bonchev–Trinajstić information content (AvgIpc) is 2.59. The van der Waals surface area contributed by atoms with E-state index in [1.165, 1.54) is 30.8 Å². The number of anilines is 1. The maximum Gasteiger partial charge on any atom is 0.272 e. The Balaban J connectivity index is 1.41. The molecule has 0 atom stereocenters. The molecule has 0 aromatic carbocycles. The molecule has 4 rings (SSSR count). The first kappa shape index (κ1) is 15.7. The maximum absolute atomic E-state index is 12.4. The molecular weight excluding hydrogens is 320 g/mol. The normalized spacial score (nSPS) is 16.9. The number of fused-ring (bicyclic) bond motifs is 1. The molecule has 3 heterocycles. The van der Waals surface area contributed by atoms with Gasteiger partial charge in [-0.1, -0.05) is 0 Å². The van der Waals surface area contributed by atoms with E-state index in [2.05, 4.69) is 31.1 Å². The second kappa shape index (κ2) is 6.27. The van der Waals surface area contributed by atoms with Gasteiger partial charge in [-0.05, 0) is 37.3 Å². The van der Waals surface area contributed by atoms with Crippen LogP contribution in [0.25, 0.3) is 0 Å². The van der Waals surface area contributed by atoms with Gasteiger partial charge in [-0.3, -0.25) is 9.59 Å². The van der Waals surface area contributed by atoms with Crippen molar-refractivity contribution in [2.24, 2.45) is 0 Å². The minimum absolute atomic E-state index is 0.0754. The second-order valence-electron chi connectivity index (χ2n) is 6.65. The van der Waals surface area contributed by atoms with Crippen LogP contribution in [-0.2, 0) is 12.8 Å². The summed E-state index contributed by atoms with van der Waals surface area (Å²) >= 11 is 0. The third kappa shape index (κ3) is 2.99. The number of likely N-dealkylation sites (N-methyl/N-ethyl adjacent to an activating group) is 1. The zero-order chi connectivity index (χ0) is 17.4. The highest BCUT2D eigenvalue weighted by Crippen LogP contribution is 2.26. The van der Waals surface area contributed by atoms with Crippen molar-refractivity contribution in [3.8, 4) is 0 Å². The van der Waals surface area contributed by atoms with Gasteiger partial charge in [-0.25, -0.2) is 4.98 Å². The fraction of sp³-hybridized carbons (Fsp3) is 0.471. The molecule has 1 fully saturated rings. The first-order chi connectivity index (χ1) is 12.1. The Hall–Kier alpha value is -2.77. The summed E-state index contributed by atoms with van der Waals surface area (Å²) < 4.78 is 0. The van der Waals surface area contributed by atoms with Crippen LogP contribution in [0.4, 0.5) is 5.82 Å². The van der Waals surface area contributed by atoms with E-state index in [1.807, 2.05) is 0 Å². The molecule has 1 saturated heterocycles. The van der Waals surface area contributed by atoms with Crippen molar-refractivity contribution in [1.29, 1.82) is 0 Å². The van der Waals surface area contributed by atoms with E-state index in [1.54, 1.807) is 11.9 Å². The van der Waals surface area contributed by atoms with Crippen LogP contribution in [0.2, 0.25) is 0 Å². The van der Waals surface area contributed by atoms with Gasteiger partial charge in [-0.2, -0.15) is 5.10 Å². The van der Waals surface area contributed by atoms with Crippen molar-refractivity contribution in [3.63, 3.8) is 0 Å². The maximum atomic E-state index is 12.4. The summed E-state index contributed by atoms with van der Waals surface area (Å²) in [5.74, 6) is 0.638. The lowest BCUT2D eigenvalue weighted by atomic mass is 9.96. The van der Waals surface area contributed by atoms with Gasteiger partial charge in [0.05, 0.1) is 18.1 Å². The Bertz CT molecular complexity index is 858. The minimum Gasteiger partial charge on any atom is -0.351 e. The van der Waals surface area contributed by atoms with Crippen LogP contribution in [0.5, 0.6) is 0 Å². The smallest absolute Gasteiger partial charge is 0.272 e. The highest BCUT2D eigenvalue weighted by molar-refractivity contribution is 5.92. The lowest BCUT2D eigenvalue weighted by Crippen LogP contribution is -2.60. The van der Waals surface area contributed by atoms with Gasteiger partial charge in [0.25, 0.3) is 11.5 Å². The summed E-state index contributed by atoms with van der Waals surface area (Å²) in [7, 11) is 1.74. The zero-order valence-corrected chi connectivity index (χ0v) is 14.1. The molecule has 2 aromatic rings. The summed E-state index contributed by atoms with van der Waals surface area (Å²) in [6.07, 6.45) is 5.74. The molecule has 0 unspecified atom stereocenters. The fourth-order valence-corrected chi connectivity index (χ4v) is 3.35. The molecule has 1 amide bonds. The van der Waals surface area contributed by atoms with Crippen molar-refractivity contribution in [2.75, 3.05) is 25.0 Å². The molecule has 0 spiro atoms.